The largest absolute Gasteiger partial charge is 0.309 e. The molecule has 1 aliphatic rings. The number of nitrogens with zero attached hydrogens (tertiary/aromatic N) is 1. The summed E-state index contributed by atoms with van der Waals surface area (Å²) in [5, 5.41) is 7.72. The van der Waals surface area contributed by atoms with Crippen LogP contribution >= 0.6 is 11.8 Å². The van der Waals surface area contributed by atoms with Crippen molar-refractivity contribution in [2.24, 2.45) is 0 Å². The van der Waals surface area contributed by atoms with Crippen molar-refractivity contribution in [3.05, 3.63) is 164 Å². The van der Waals surface area contributed by atoms with E-state index in [9.17, 15) is 0 Å². The lowest BCUT2D eigenvalue weighted by molar-refractivity contribution is 1.18. The van der Waals surface area contributed by atoms with Gasteiger partial charge in [0.05, 0.1) is 11.0 Å². The quantitative estimate of drug-likeness (QED) is 0.195. The van der Waals surface area contributed by atoms with E-state index in [4.69, 9.17) is 0 Å². The summed E-state index contributed by atoms with van der Waals surface area (Å²) in [6.07, 6.45) is 0. The molecule has 1 aliphatic heterocycles. The Balaban J connectivity index is 1.11. The zero-order valence-electron chi connectivity index (χ0n) is 24.9. The molecule has 0 saturated carbocycles. The lowest BCUT2D eigenvalue weighted by atomic mass is 9.91. The van der Waals surface area contributed by atoms with Crippen LogP contribution in [-0.4, -0.2) is 4.57 Å². The van der Waals surface area contributed by atoms with Crippen LogP contribution < -0.4 is 0 Å². The van der Waals surface area contributed by atoms with Gasteiger partial charge in [-0.1, -0.05) is 121 Å². The van der Waals surface area contributed by atoms with E-state index in [0.29, 0.717) is 0 Å². The molecule has 0 radical (unpaired) electrons. The van der Waals surface area contributed by atoms with Crippen LogP contribution in [0.2, 0.25) is 0 Å². The Bertz CT molecular complexity index is 2660. The number of hydrogen-bond donors (Lipinski definition) is 0. The van der Waals surface area contributed by atoms with Crippen LogP contribution in [0.15, 0.2) is 174 Å². The van der Waals surface area contributed by atoms with Gasteiger partial charge in [0.2, 0.25) is 0 Å². The topological polar surface area (TPSA) is 4.93 Å². The van der Waals surface area contributed by atoms with E-state index >= 15 is 0 Å². The highest BCUT2D eigenvalue weighted by atomic mass is 32.2. The number of hydrogen-bond acceptors (Lipinski definition) is 1. The molecule has 8 aromatic carbocycles. The summed E-state index contributed by atoms with van der Waals surface area (Å²) in [5.41, 5.74) is 11.3. The molecule has 0 saturated heterocycles. The normalized spacial score (nSPS) is 12.3. The van der Waals surface area contributed by atoms with Crippen molar-refractivity contribution in [3.8, 4) is 39.1 Å². The minimum Gasteiger partial charge on any atom is -0.309 e. The monoisotopic (exact) mass is 601 g/mol. The van der Waals surface area contributed by atoms with E-state index in [1.807, 2.05) is 11.8 Å². The van der Waals surface area contributed by atoms with Gasteiger partial charge in [0.15, 0.2) is 0 Å². The fourth-order valence-electron chi connectivity index (χ4n) is 7.45. The molecule has 0 N–H and O–H groups in total. The molecule has 9 aromatic rings. The second-order valence-corrected chi connectivity index (χ2v) is 13.2. The Morgan fingerprint density at radius 1 is 0.370 bits per heavy atom. The summed E-state index contributed by atoms with van der Waals surface area (Å²) in [5.74, 6) is 0. The first kappa shape index (κ1) is 25.7. The summed E-state index contributed by atoms with van der Waals surface area (Å²) in [6, 6.07) is 60.2. The van der Waals surface area contributed by atoms with Crippen molar-refractivity contribution in [1.29, 1.82) is 0 Å². The van der Waals surface area contributed by atoms with Gasteiger partial charge in [-0.3, -0.25) is 0 Å². The Morgan fingerprint density at radius 3 is 2.09 bits per heavy atom. The van der Waals surface area contributed by atoms with Crippen LogP contribution in [0.5, 0.6) is 0 Å². The van der Waals surface area contributed by atoms with Crippen molar-refractivity contribution >= 4 is 55.1 Å². The van der Waals surface area contributed by atoms with Crippen LogP contribution in [0.1, 0.15) is 0 Å². The number of rotatable bonds is 3. The van der Waals surface area contributed by atoms with Gasteiger partial charge in [-0.25, -0.2) is 0 Å². The van der Waals surface area contributed by atoms with Gasteiger partial charge in [0, 0.05) is 31.6 Å². The molecule has 0 unspecified atom stereocenters. The van der Waals surface area contributed by atoms with Crippen molar-refractivity contribution in [2.45, 2.75) is 9.79 Å². The molecule has 2 heterocycles. The zero-order chi connectivity index (χ0) is 30.2. The highest BCUT2D eigenvalue weighted by Crippen LogP contribution is 2.49. The lowest BCUT2D eigenvalue weighted by Crippen LogP contribution is -1.94. The zero-order valence-corrected chi connectivity index (χ0v) is 25.8. The van der Waals surface area contributed by atoms with Crippen LogP contribution in [0.4, 0.5) is 0 Å². The lowest BCUT2D eigenvalue weighted by Gasteiger charge is -2.21. The van der Waals surface area contributed by atoms with E-state index in [0.717, 1.165) is 0 Å². The summed E-state index contributed by atoms with van der Waals surface area (Å²) in [4.78, 5) is 2.66. The standard InChI is InChI=1S/C44H27NS/c1-2-12-33(13-3-1)45-40-18-6-4-14-35(40)39-26-32-25-29(20-21-30(32)27-41(39)45)28-10-8-11-31(24-28)34-22-23-43-44-37(34)16-9-17-38(44)36-15-5-7-19-42(36)46-43/h1-27H. The fourth-order valence-corrected chi connectivity index (χ4v) is 8.58. The fraction of sp³-hybridized carbons (Fsp3) is 0. The molecule has 0 aliphatic carbocycles. The summed E-state index contributed by atoms with van der Waals surface area (Å²) in [6.45, 7) is 0. The third-order valence-corrected chi connectivity index (χ3v) is 10.7. The maximum atomic E-state index is 2.39. The number of benzene rings is 8. The van der Waals surface area contributed by atoms with Gasteiger partial charge in [0.25, 0.3) is 0 Å². The van der Waals surface area contributed by atoms with E-state index < -0.39 is 0 Å². The molecule has 1 nitrogen and oxygen atoms in total. The Labute approximate surface area is 271 Å². The van der Waals surface area contributed by atoms with Gasteiger partial charge < -0.3 is 4.57 Å². The highest BCUT2D eigenvalue weighted by Gasteiger charge is 2.20. The maximum absolute atomic E-state index is 2.39. The predicted octanol–water partition coefficient (Wildman–Crippen LogP) is 12.6. The third kappa shape index (κ3) is 3.84. The van der Waals surface area contributed by atoms with Crippen LogP contribution in [0.3, 0.4) is 0 Å². The van der Waals surface area contributed by atoms with Crippen molar-refractivity contribution in [3.63, 3.8) is 0 Å². The maximum Gasteiger partial charge on any atom is 0.0547 e. The first-order valence-corrected chi connectivity index (χ1v) is 16.6. The SMILES string of the molecule is c1ccc(-n2c3ccccc3c3cc4cc(-c5cccc(-c6ccc7c8c(cccc68)-c6ccccc6S7)c5)ccc4cc32)cc1. The Morgan fingerprint density at radius 2 is 1.13 bits per heavy atom. The number of para-hydroxylation sites is 2. The summed E-state index contributed by atoms with van der Waals surface area (Å²) >= 11 is 1.88. The molecule has 0 amide bonds. The van der Waals surface area contributed by atoms with Gasteiger partial charge in [0.1, 0.15) is 0 Å². The van der Waals surface area contributed by atoms with Gasteiger partial charge in [-0.15, -0.1) is 0 Å². The minimum atomic E-state index is 1.18. The van der Waals surface area contributed by atoms with Crippen molar-refractivity contribution in [1.82, 2.24) is 4.57 Å². The summed E-state index contributed by atoms with van der Waals surface area (Å²) < 4.78 is 2.39. The second-order valence-electron chi connectivity index (χ2n) is 12.1. The Hall–Kier alpha value is -5.57. The summed E-state index contributed by atoms with van der Waals surface area (Å²) in [7, 11) is 0. The van der Waals surface area contributed by atoms with Crippen LogP contribution in [0, 0.1) is 0 Å². The highest BCUT2D eigenvalue weighted by molar-refractivity contribution is 7.99. The molecule has 0 atom stereocenters. The van der Waals surface area contributed by atoms with E-state index in [1.165, 1.54) is 92.2 Å². The molecular formula is C44H27NS. The molecule has 214 valence electrons. The third-order valence-electron chi connectivity index (χ3n) is 9.55. The van der Waals surface area contributed by atoms with Crippen molar-refractivity contribution in [2.75, 3.05) is 0 Å². The van der Waals surface area contributed by atoms with Gasteiger partial charge in [-0.05, 0) is 104 Å². The number of fused-ring (bicyclic) bond motifs is 6. The molecular weight excluding hydrogens is 575 g/mol. The smallest absolute Gasteiger partial charge is 0.0547 e. The predicted molar refractivity (Wildman–Crippen MR) is 196 cm³/mol. The molecule has 46 heavy (non-hydrogen) atoms. The molecule has 0 bridgehead atoms. The first-order chi connectivity index (χ1) is 22.8. The molecule has 0 spiro atoms. The van der Waals surface area contributed by atoms with Crippen LogP contribution in [-0.2, 0) is 0 Å². The second kappa shape index (κ2) is 9.97. The van der Waals surface area contributed by atoms with Crippen molar-refractivity contribution < 1.29 is 0 Å². The average molecular weight is 602 g/mol. The average Bonchev–Trinajstić information content (AvgIpc) is 3.44. The molecule has 0 fully saturated rings. The molecule has 10 rings (SSSR count). The first-order valence-electron chi connectivity index (χ1n) is 15.8. The van der Waals surface area contributed by atoms with Crippen LogP contribution in [0.25, 0.3) is 82.4 Å². The van der Waals surface area contributed by atoms with Gasteiger partial charge in [-0.2, -0.15) is 0 Å². The molecule has 2 heteroatoms. The minimum absolute atomic E-state index is 1.18. The van der Waals surface area contributed by atoms with Gasteiger partial charge >= 0.3 is 0 Å². The van der Waals surface area contributed by atoms with E-state index in [1.54, 1.807) is 0 Å². The molecule has 1 aromatic heterocycles. The van der Waals surface area contributed by atoms with E-state index in [2.05, 4.69) is 168 Å². The van der Waals surface area contributed by atoms with E-state index in [-0.39, 0.29) is 0 Å². The number of aromatic nitrogens is 1. The Kier molecular flexibility index (Phi) is 5.58.